The van der Waals surface area contributed by atoms with Gasteiger partial charge >= 0.3 is 0 Å². The highest BCUT2D eigenvalue weighted by atomic mass is 32.1. The summed E-state index contributed by atoms with van der Waals surface area (Å²) in [5.41, 5.74) is 0. The Bertz CT molecular complexity index is 656. The highest BCUT2D eigenvalue weighted by Gasteiger charge is 2.25. The lowest BCUT2D eigenvalue weighted by Gasteiger charge is -2.30. The van der Waals surface area contributed by atoms with Crippen molar-refractivity contribution in [2.75, 3.05) is 6.61 Å². The fourth-order valence-corrected chi connectivity index (χ4v) is 4.00. The summed E-state index contributed by atoms with van der Waals surface area (Å²) in [6.07, 6.45) is 11.4. The molecule has 2 aromatic rings. The van der Waals surface area contributed by atoms with E-state index < -0.39 is 0 Å². The molecule has 6 nitrogen and oxygen atoms in total. The maximum atomic E-state index is 12.6. The van der Waals surface area contributed by atoms with E-state index in [1.54, 1.807) is 24.7 Å². The summed E-state index contributed by atoms with van der Waals surface area (Å²) in [4.78, 5) is 25.7. The predicted octanol–water partition coefficient (Wildman–Crippen LogP) is 2.66. The van der Waals surface area contributed by atoms with Crippen LogP contribution in [0.2, 0.25) is 0 Å². The molecule has 1 unspecified atom stereocenters. The van der Waals surface area contributed by atoms with E-state index in [1.807, 2.05) is 0 Å². The molecule has 0 spiro atoms. The standard InChI is InChI=1S/C17H22N4O2S/c22-10-7-13(12-5-2-1-3-6-12)21-16(23)14-11-20-17(24-14)15-18-8-4-9-19-15/h4,8-9,11-13,22H,1-3,5-7,10H2,(H,21,23). The molecule has 1 amide bonds. The summed E-state index contributed by atoms with van der Waals surface area (Å²) >= 11 is 1.29. The lowest BCUT2D eigenvalue weighted by Crippen LogP contribution is -2.41. The minimum atomic E-state index is -0.126. The Morgan fingerprint density at radius 2 is 2.00 bits per heavy atom. The zero-order chi connectivity index (χ0) is 16.8. The third kappa shape index (κ3) is 4.15. The van der Waals surface area contributed by atoms with E-state index in [0.29, 0.717) is 28.0 Å². The number of aliphatic hydroxyl groups is 1. The second-order valence-electron chi connectivity index (χ2n) is 6.09. The second-order valence-corrected chi connectivity index (χ2v) is 7.12. The largest absolute Gasteiger partial charge is 0.396 e. The number of hydrogen-bond acceptors (Lipinski definition) is 6. The van der Waals surface area contributed by atoms with E-state index in [0.717, 1.165) is 12.8 Å². The lowest BCUT2D eigenvalue weighted by molar-refractivity contribution is 0.0903. The van der Waals surface area contributed by atoms with Crippen molar-refractivity contribution in [2.45, 2.75) is 44.6 Å². The van der Waals surface area contributed by atoms with Gasteiger partial charge in [0.05, 0.1) is 6.20 Å². The molecule has 1 fully saturated rings. The maximum absolute atomic E-state index is 12.6. The predicted molar refractivity (Wildman–Crippen MR) is 92.7 cm³/mol. The Morgan fingerprint density at radius 3 is 2.71 bits per heavy atom. The van der Waals surface area contributed by atoms with Crippen molar-refractivity contribution < 1.29 is 9.90 Å². The van der Waals surface area contributed by atoms with E-state index in [4.69, 9.17) is 0 Å². The van der Waals surface area contributed by atoms with Crippen LogP contribution in [0.3, 0.4) is 0 Å². The van der Waals surface area contributed by atoms with Gasteiger partial charge < -0.3 is 10.4 Å². The minimum Gasteiger partial charge on any atom is -0.396 e. The highest BCUT2D eigenvalue weighted by molar-refractivity contribution is 7.16. The van der Waals surface area contributed by atoms with Gasteiger partial charge in [-0.25, -0.2) is 15.0 Å². The van der Waals surface area contributed by atoms with Gasteiger partial charge in [0.1, 0.15) is 4.88 Å². The van der Waals surface area contributed by atoms with E-state index in [-0.39, 0.29) is 18.6 Å². The Kier molecular flexibility index (Phi) is 5.87. The first-order valence-electron chi connectivity index (χ1n) is 8.43. The molecule has 0 aliphatic heterocycles. The van der Waals surface area contributed by atoms with Crippen molar-refractivity contribution in [3.8, 4) is 10.8 Å². The Balaban J connectivity index is 1.67. The molecule has 1 saturated carbocycles. The zero-order valence-corrected chi connectivity index (χ0v) is 14.3. The van der Waals surface area contributed by atoms with Gasteiger partial charge in [0, 0.05) is 25.0 Å². The van der Waals surface area contributed by atoms with Gasteiger partial charge in [0.2, 0.25) is 0 Å². The summed E-state index contributed by atoms with van der Waals surface area (Å²) in [5, 5.41) is 13.1. The number of nitrogens with zero attached hydrogens (tertiary/aromatic N) is 3. The van der Waals surface area contributed by atoms with E-state index in [1.165, 1.54) is 30.6 Å². The van der Waals surface area contributed by atoms with Crippen molar-refractivity contribution in [2.24, 2.45) is 5.92 Å². The van der Waals surface area contributed by atoms with E-state index in [9.17, 15) is 9.90 Å². The number of hydrogen-bond donors (Lipinski definition) is 2. The Hall–Kier alpha value is -1.86. The summed E-state index contributed by atoms with van der Waals surface area (Å²) in [5.74, 6) is 0.860. The van der Waals surface area contributed by atoms with Crippen LogP contribution in [0.5, 0.6) is 0 Å². The molecule has 1 aliphatic rings. The summed E-state index contributed by atoms with van der Waals surface area (Å²) in [6.45, 7) is 0.0905. The van der Waals surface area contributed by atoms with Crippen molar-refractivity contribution in [3.05, 3.63) is 29.5 Å². The first-order chi connectivity index (χ1) is 11.8. The van der Waals surface area contributed by atoms with Crippen LogP contribution in [0.1, 0.15) is 48.2 Å². The summed E-state index contributed by atoms with van der Waals surface area (Å²) in [7, 11) is 0. The van der Waals surface area contributed by atoms with E-state index >= 15 is 0 Å². The molecule has 0 aromatic carbocycles. The molecular formula is C17H22N4O2S. The number of amides is 1. The van der Waals surface area contributed by atoms with Gasteiger partial charge in [-0.15, -0.1) is 11.3 Å². The van der Waals surface area contributed by atoms with Crippen LogP contribution >= 0.6 is 11.3 Å². The van der Waals surface area contributed by atoms with Crippen LogP contribution in [0.15, 0.2) is 24.7 Å². The quantitative estimate of drug-likeness (QED) is 0.839. The number of thiazole rings is 1. The molecule has 2 heterocycles. The molecule has 3 rings (SSSR count). The van der Waals surface area contributed by atoms with Crippen LogP contribution < -0.4 is 5.32 Å². The van der Waals surface area contributed by atoms with Gasteiger partial charge in [-0.05, 0) is 31.2 Å². The fourth-order valence-electron chi connectivity index (χ4n) is 3.23. The van der Waals surface area contributed by atoms with Crippen LogP contribution in [0.4, 0.5) is 0 Å². The number of nitrogens with one attached hydrogen (secondary N) is 1. The van der Waals surface area contributed by atoms with Gasteiger partial charge in [-0.3, -0.25) is 4.79 Å². The second kappa shape index (κ2) is 8.30. The summed E-state index contributed by atoms with van der Waals surface area (Å²) < 4.78 is 0. The first kappa shape index (κ1) is 17.0. The molecule has 128 valence electrons. The molecule has 1 aliphatic carbocycles. The molecule has 1 atom stereocenters. The number of carbonyl (C=O) groups is 1. The molecular weight excluding hydrogens is 324 g/mol. The molecule has 2 N–H and O–H groups in total. The van der Waals surface area contributed by atoms with Crippen LogP contribution in [-0.4, -0.2) is 38.6 Å². The van der Waals surface area contributed by atoms with Crippen LogP contribution in [0.25, 0.3) is 10.8 Å². The van der Waals surface area contributed by atoms with Gasteiger partial charge in [0.25, 0.3) is 5.91 Å². The fraction of sp³-hybridized carbons (Fsp3) is 0.529. The summed E-state index contributed by atoms with van der Waals surface area (Å²) in [6, 6.07) is 1.77. The molecule has 2 aromatic heterocycles. The van der Waals surface area contributed by atoms with E-state index in [2.05, 4.69) is 20.3 Å². The monoisotopic (exact) mass is 346 g/mol. The Morgan fingerprint density at radius 1 is 1.25 bits per heavy atom. The average Bonchev–Trinajstić information content (AvgIpc) is 3.13. The maximum Gasteiger partial charge on any atom is 0.263 e. The van der Waals surface area contributed by atoms with Gasteiger partial charge in [0.15, 0.2) is 10.8 Å². The van der Waals surface area contributed by atoms with Crippen molar-refractivity contribution in [3.63, 3.8) is 0 Å². The average molecular weight is 346 g/mol. The molecule has 0 radical (unpaired) electrons. The molecule has 24 heavy (non-hydrogen) atoms. The number of aliphatic hydroxyl groups excluding tert-OH is 1. The minimum absolute atomic E-state index is 0.0290. The zero-order valence-electron chi connectivity index (χ0n) is 13.5. The lowest BCUT2D eigenvalue weighted by atomic mass is 9.82. The third-order valence-electron chi connectivity index (χ3n) is 4.46. The van der Waals surface area contributed by atoms with Crippen LogP contribution in [0, 0.1) is 5.92 Å². The smallest absolute Gasteiger partial charge is 0.263 e. The third-order valence-corrected chi connectivity index (χ3v) is 5.45. The number of carbonyl (C=O) groups excluding carboxylic acids is 1. The van der Waals surface area contributed by atoms with Crippen molar-refractivity contribution >= 4 is 17.2 Å². The topological polar surface area (TPSA) is 88.0 Å². The Labute approximate surface area is 145 Å². The normalized spacial score (nSPS) is 16.7. The van der Waals surface area contributed by atoms with Crippen molar-refractivity contribution in [1.82, 2.24) is 20.3 Å². The molecule has 7 heteroatoms. The first-order valence-corrected chi connectivity index (χ1v) is 9.24. The molecule has 0 bridgehead atoms. The molecule has 0 saturated heterocycles. The van der Waals surface area contributed by atoms with Crippen molar-refractivity contribution in [1.29, 1.82) is 0 Å². The van der Waals surface area contributed by atoms with Gasteiger partial charge in [-0.1, -0.05) is 19.3 Å². The highest BCUT2D eigenvalue weighted by Crippen LogP contribution is 2.28. The number of rotatable bonds is 6. The number of aromatic nitrogens is 3. The SMILES string of the molecule is O=C(NC(CCO)C1CCCCC1)c1cnc(-c2ncccn2)s1. The van der Waals surface area contributed by atoms with Crippen LogP contribution in [-0.2, 0) is 0 Å². The van der Waals surface area contributed by atoms with Gasteiger partial charge in [-0.2, -0.15) is 0 Å².